The van der Waals surface area contributed by atoms with Gasteiger partial charge in [-0.25, -0.2) is 0 Å². The molecule has 7 rings (SSSR count). The van der Waals surface area contributed by atoms with Crippen molar-refractivity contribution in [1.29, 1.82) is 5.41 Å². The minimum absolute atomic E-state index is 0.0353. The molecule has 0 aromatic heterocycles. The lowest BCUT2D eigenvalue weighted by Crippen LogP contribution is -2.14. The van der Waals surface area contributed by atoms with Crippen molar-refractivity contribution in [1.82, 2.24) is 0 Å². The third-order valence-corrected chi connectivity index (χ3v) is 9.32. The molecule has 6 aromatic rings. The van der Waals surface area contributed by atoms with Gasteiger partial charge in [0.05, 0.1) is 0 Å². The molecule has 0 radical (unpaired) electrons. The van der Waals surface area contributed by atoms with Crippen LogP contribution in [0, 0.1) is 19.3 Å². The van der Waals surface area contributed by atoms with E-state index >= 15 is 0 Å². The van der Waals surface area contributed by atoms with Gasteiger partial charge in [0, 0.05) is 11.1 Å². The van der Waals surface area contributed by atoms with Gasteiger partial charge in [-0.05, 0) is 98.7 Å². The summed E-state index contributed by atoms with van der Waals surface area (Å²) in [5, 5.41) is 7.75. The first-order valence-corrected chi connectivity index (χ1v) is 15.9. The van der Waals surface area contributed by atoms with Crippen LogP contribution in [0.15, 0.2) is 140 Å². The summed E-state index contributed by atoms with van der Waals surface area (Å²) in [4.78, 5) is 0. The SMILES string of the molecule is CCC(=N)c1ccc(-c2ccccc2)cc1.Cc1ccc(-c2cccc(-c3cccc4c3-c3ccccc3C4(C)C)c2)cc1C. The maximum atomic E-state index is 7.75. The minimum Gasteiger partial charge on any atom is -0.305 e. The van der Waals surface area contributed by atoms with Crippen molar-refractivity contribution in [2.75, 3.05) is 0 Å². The van der Waals surface area contributed by atoms with Crippen LogP contribution in [0.3, 0.4) is 0 Å². The molecule has 0 atom stereocenters. The van der Waals surface area contributed by atoms with E-state index in [1.165, 1.54) is 66.8 Å². The second kappa shape index (κ2) is 12.5. The molecule has 1 aliphatic carbocycles. The highest BCUT2D eigenvalue weighted by molar-refractivity contribution is 5.98. The molecule has 1 heteroatoms. The largest absolute Gasteiger partial charge is 0.305 e. The molecule has 0 saturated heterocycles. The average Bonchev–Trinajstić information content (AvgIpc) is 3.33. The van der Waals surface area contributed by atoms with Crippen LogP contribution in [-0.4, -0.2) is 5.71 Å². The van der Waals surface area contributed by atoms with Gasteiger partial charge in [0.15, 0.2) is 0 Å². The lowest BCUT2D eigenvalue weighted by Gasteiger charge is -2.21. The summed E-state index contributed by atoms with van der Waals surface area (Å²) < 4.78 is 0. The lowest BCUT2D eigenvalue weighted by molar-refractivity contribution is 0.660. The Balaban J connectivity index is 0.000000189. The fraction of sp³-hybridized carbons (Fsp3) is 0.159. The Morgan fingerprint density at radius 2 is 1.07 bits per heavy atom. The molecule has 1 nitrogen and oxygen atoms in total. The molecular weight excluding hydrogens is 542 g/mol. The molecule has 45 heavy (non-hydrogen) atoms. The molecule has 0 heterocycles. The van der Waals surface area contributed by atoms with Crippen molar-refractivity contribution >= 4 is 5.71 Å². The summed E-state index contributed by atoms with van der Waals surface area (Å²) in [6.07, 6.45) is 0.782. The van der Waals surface area contributed by atoms with Gasteiger partial charge in [-0.3, -0.25) is 0 Å². The number of rotatable bonds is 5. The van der Waals surface area contributed by atoms with E-state index in [-0.39, 0.29) is 5.41 Å². The number of nitrogens with one attached hydrogen (secondary N) is 1. The zero-order chi connectivity index (χ0) is 31.6. The van der Waals surface area contributed by atoms with Crippen LogP contribution >= 0.6 is 0 Å². The van der Waals surface area contributed by atoms with Gasteiger partial charge in [-0.1, -0.05) is 154 Å². The summed E-state index contributed by atoms with van der Waals surface area (Å²) in [5.41, 5.74) is 17.6. The van der Waals surface area contributed by atoms with Crippen molar-refractivity contribution in [2.45, 2.75) is 46.5 Å². The summed E-state index contributed by atoms with van der Waals surface area (Å²) in [6, 6.07) is 49.9. The van der Waals surface area contributed by atoms with Crippen LogP contribution < -0.4 is 0 Å². The molecule has 0 bridgehead atoms. The second-order valence-electron chi connectivity index (χ2n) is 12.6. The number of aryl methyl sites for hydroxylation is 2. The Morgan fingerprint density at radius 1 is 0.511 bits per heavy atom. The number of benzene rings is 6. The Hall–Kier alpha value is -5.01. The Labute approximate surface area is 268 Å². The van der Waals surface area contributed by atoms with E-state index < -0.39 is 0 Å². The molecular formula is C44H41N. The third kappa shape index (κ3) is 5.91. The van der Waals surface area contributed by atoms with Gasteiger partial charge in [0.1, 0.15) is 0 Å². The highest BCUT2D eigenvalue weighted by Crippen LogP contribution is 2.52. The zero-order valence-corrected chi connectivity index (χ0v) is 27.0. The van der Waals surface area contributed by atoms with E-state index in [1.54, 1.807) is 0 Å². The van der Waals surface area contributed by atoms with Crippen molar-refractivity contribution in [3.63, 3.8) is 0 Å². The average molecular weight is 584 g/mol. The molecule has 0 spiro atoms. The van der Waals surface area contributed by atoms with E-state index in [0.717, 1.165) is 12.0 Å². The topological polar surface area (TPSA) is 23.9 Å². The maximum absolute atomic E-state index is 7.75. The fourth-order valence-corrected chi connectivity index (χ4v) is 6.48. The van der Waals surface area contributed by atoms with E-state index in [0.29, 0.717) is 5.71 Å². The van der Waals surface area contributed by atoms with Gasteiger partial charge >= 0.3 is 0 Å². The summed E-state index contributed by atoms with van der Waals surface area (Å²) in [7, 11) is 0. The molecule has 0 unspecified atom stereocenters. The quantitative estimate of drug-likeness (QED) is 0.195. The van der Waals surface area contributed by atoms with Crippen LogP contribution in [0.2, 0.25) is 0 Å². The molecule has 0 saturated carbocycles. The van der Waals surface area contributed by atoms with E-state index in [4.69, 9.17) is 5.41 Å². The van der Waals surface area contributed by atoms with Crippen LogP contribution in [0.25, 0.3) is 44.5 Å². The van der Waals surface area contributed by atoms with Gasteiger partial charge in [0.2, 0.25) is 0 Å². The minimum atomic E-state index is 0.0353. The van der Waals surface area contributed by atoms with Gasteiger partial charge in [-0.15, -0.1) is 0 Å². The van der Waals surface area contributed by atoms with Gasteiger partial charge in [0.25, 0.3) is 0 Å². The maximum Gasteiger partial charge on any atom is 0.0383 e. The smallest absolute Gasteiger partial charge is 0.0383 e. The first-order valence-electron chi connectivity index (χ1n) is 15.9. The second-order valence-corrected chi connectivity index (χ2v) is 12.6. The third-order valence-electron chi connectivity index (χ3n) is 9.32. The predicted octanol–water partition coefficient (Wildman–Crippen LogP) is 12.1. The normalized spacial score (nSPS) is 12.5. The number of hydrogen-bond acceptors (Lipinski definition) is 1. The van der Waals surface area contributed by atoms with E-state index in [9.17, 15) is 0 Å². The first kappa shape index (κ1) is 30.0. The molecule has 0 fully saturated rings. The summed E-state index contributed by atoms with van der Waals surface area (Å²) in [5.74, 6) is 0. The Bertz CT molecular complexity index is 1980. The Morgan fingerprint density at radius 3 is 1.80 bits per heavy atom. The van der Waals surface area contributed by atoms with E-state index in [2.05, 4.69) is 137 Å². The fourth-order valence-electron chi connectivity index (χ4n) is 6.48. The van der Waals surface area contributed by atoms with Crippen LogP contribution in [0.5, 0.6) is 0 Å². The Kier molecular flexibility index (Phi) is 8.37. The summed E-state index contributed by atoms with van der Waals surface area (Å²) >= 11 is 0. The molecule has 222 valence electrons. The van der Waals surface area contributed by atoms with Crippen molar-refractivity contribution in [3.05, 3.63) is 167 Å². The van der Waals surface area contributed by atoms with Crippen LogP contribution in [0.1, 0.15) is 55.0 Å². The number of fused-ring (bicyclic) bond motifs is 3. The van der Waals surface area contributed by atoms with Crippen molar-refractivity contribution in [3.8, 4) is 44.5 Å². The van der Waals surface area contributed by atoms with Gasteiger partial charge < -0.3 is 5.41 Å². The van der Waals surface area contributed by atoms with E-state index in [1.807, 2.05) is 37.3 Å². The molecule has 6 aromatic carbocycles. The lowest BCUT2D eigenvalue weighted by atomic mass is 9.82. The highest BCUT2D eigenvalue weighted by atomic mass is 14.4. The summed E-state index contributed by atoms with van der Waals surface area (Å²) in [6.45, 7) is 11.0. The predicted molar refractivity (Wildman–Crippen MR) is 193 cm³/mol. The van der Waals surface area contributed by atoms with Gasteiger partial charge in [-0.2, -0.15) is 0 Å². The molecule has 0 amide bonds. The monoisotopic (exact) mass is 583 g/mol. The first-order chi connectivity index (χ1) is 21.8. The molecule has 1 aliphatic rings. The number of hydrogen-bond donors (Lipinski definition) is 1. The molecule has 0 aliphatic heterocycles. The van der Waals surface area contributed by atoms with Crippen LogP contribution in [-0.2, 0) is 5.41 Å². The molecule has 1 N–H and O–H groups in total. The zero-order valence-electron chi connectivity index (χ0n) is 27.0. The van der Waals surface area contributed by atoms with Crippen LogP contribution in [0.4, 0.5) is 0 Å². The highest BCUT2D eigenvalue weighted by Gasteiger charge is 2.36. The van der Waals surface area contributed by atoms with Crippen molar-refractivity contribution in [2.24, 2.45) is 0 Å². The van der Waals surface area contributed by atoms with Crippen molar-refractivity contribution < 1.29 is 0 Å². The standard InChI is InChI=1S/C29H26.C15H15N/c1-19-15-16-22(17-20(19)2)21-9-7-10-23(18-21)24-12-8-14-27-28(24)25-11-5-6-13-26(25)29(27,3)4;1-2-15(16)14-10-8-13(9-11-14)12-6-4-3-5-7-12/h5-18H,1-4H3;3-11,16H,2H2,1H3.